The summed E-state index contributed by atoms with van der Waals surface area (Å²) in [5.41, 5.74) is -0.617. The predicted molar refractivity (Wildman–Crippen MR) is 135 cm³/mol. The highest BCUT2D eigenvalue weighted by atomic mass is 35.5. The lowest BCUT2D eigenvalue weighted by molar-refractivity contribution is -0.150. The first-order valence-corrected chi connectivity index (χ1v) is 12.8. The first-order chi connectivity index (χ1) is 17.0. The summed E-state index contributed by atoms with van der Waals surface area (Å²) in [4.78, 5) is 2.39. The molecule has 0 bridgehead atoms. The summed E-state index contributed by atoms with van der Waals surface area (Å²) in [7, 11) is 0. The van der Waals surface area contributed by atoms with Crippen LogP contribution in [0.2, 0.25) is 5.02 Å². The van der Waals surface area contributed by atoms with Gasteiger partial charge in [-0.15, -0.1) is 0 Å². The second-order valence-electron chi connectivity index (χ2n) is 9.85. The van der Waals surface area contributed by atoms with E-state index in [1.807, 2.05) is 60.7 Å². The van der Waals surface area contributed by atoms with Crippen LogP contribution in [0.3, 0.4) is 0 Å². The molecule has 0 unspecified atom stereocenters. The Hall–Kier alpha value is -2.57. The monoisotopic (exact) mass is 491 g/mol. The van der Waals surface area contributed by atoms with Gasteiger partial charge in [-0.1, -0.05) is 60.1 Å². The van der Waals surface area contributed by atoms with Gasteiger partial charge in [0.1, 0.15) is 18.1 Å². The Morgan fingerprint density at radius 2 is 1.71 bits per heavy atom. The third kappa shape index (κ3) is 3.48. The molecule has 0 radical (unpaired) electrons. The summed E-state index contributed by atoms with van der Waals surface area (Å²) in [6, 6.07) is 23.0. The Bertz CT molecular complexity index is 1200. The van der Waals surface area contributed by atoms with E-state index in [2.05, 4.69) is 4.90 Å². The van der Waals surface area contributed by atoms with Crippen molar-refractivity contribution in [2.24, 2.45) is 0 Å². The number of likely N-dealkylation sites (tertiary alicyclic amines) is 1. The van der Waals surface area contributed by atoms with Gasteiger partial charge in [-0.3, -0.25) is 4.90 Å². The van der Waals surface area contributed by atoms with Crippen LogP contribution in [0.15, 0.2) is 72.8 Å². The van der Waals surface area contributed by atoms with Crippen molar-refractivity contribution in [2.75, 3.05) is 26.2 Å². The molecule has 0 aromatic heterocycles. The summed E-state index contributed by atoms with van der Waals surface area (Å²) in [6.45, 7) is 3.54. The maximum Gasteiger partial charge on any atom is 0.176 e. The number of benzene rings is 3. The van der Waals surface area contributed by atoms with E-state index in [4.69, 9.17) is 21.1 Å². The molecular weight excluding hydrogens is 462 g/mol. The van der Waals surface area contributed by atoms with Crippen molar-refractivity contribution in [3.8, 4) is 11.5 Å². The van der Waals surface area contributed by atoms with Crippen LogP contribution >= 0.6 is 11.6 Å². The van der Waals surface area contributed by atoms with Gasteiger partial charge >= 0.3 is 0 Å². The van der Waals surface area contributed by atoms with Crippen molar-refractivity contribution >= 4 is 11.6 Å². The van der Waals surface area contributed by atoms with Gasteiger partial charge in [-0.05, 0) is 67.7 Å². The molecule has 3 aromatic carbocycles. The normalized spacial score (nSPS) is 29.6. The summed E-state index contributed by atoms with van der Waals surface area (Å²) >= 11 is 6.22. The zero-order chi connectivity index (χ0) is 24.0. The number of hydrogen-bond donors (Lipinski definition) is 2. The largest absolute Gasteiger partial charge is 0.492 e. The van der Waals surface area contributed by atoms with E-state index >= 15 is 0 Å². The van der Waals surface area contributed by atoms with Crippen molar-refractivity contribution in [2.45, 2.75) is 42.5 Å². The molecule has 2 heterocycles. The minimum absolute atomic E-state index is 0.283. The van der Waals surface area contributed by atoms with Crippen LogP contribution < -0.4 is 9.47 Å². The Kier molecular flexibility index (Phi) is 5.76. The lowest BCUT2D eigenvalue weighted by Gasteiger charge is -2.41. The van der Waals surface area contributed by atoms with Gasteiger partial charge in [-0.25, -0.2) is 0 Å². The quantitative estimate of drug-likeness (QED) is 0.516. The molecule has 0 amide bonds. The number of rotatable bonds is 6. The number of hydrogen-bond acceptors (Lipinski definition) is 5. The molecule has 1 saturated carbocycles. The Morgan fingerprint density at radius 1 is 0.971 bits per heavy atom. The molecule has 3 aromatic rings. The number of halogens is 1. The molecule has 182 valence electrons. The van der Waals surface area contributed by atoms with E-state index in [-0.39, 0.29) is 5.92 Å². The molecular formula is C29H30ClNO4. The molecule has 2 N–H and O–H groups in total. The number of nitrogens with zero attached hydrogens (tertiary/aromatic N) is 1. The van der Waals surface area contributed by atoms with Crippen molar-refractivity contribution < 1.29 is 19.7 Å². The smallest absolute Gasteiger partial charge is 0.176 e. The van der Waals surface area contributed by atoms with E-state index in [1.165, 1.54) is 12.8 Å². The van der Waals surface area contributed by atoms with E-state index in [0.29, 0.717) is 35.1 Å². The van der Waals surface area contributed by atoms with Gasteiger partial charge in [0.05, 0.1) is 11.7 Å². The molecule has 35 heavy (non-hydrogen) atoms. The molecule has 6 heteroatoms. The fourth-order valence-electron chi connectivity index (χ4n) is 6.36. The zero-order valence-corrected chi connectivity index (χ0v) is 20.3. The van der Waals surface area contributed by atoms with Gasteiger partial charge in [0.15, 0.2) is 11.2 Å². The van der Waals surface area contributed by atoms with Crippen LogP contribution in [0.1, 0.15) is 41.9 Å². The number of fused-ring (bicyclic) bond motifs is 3. The molecule has 5 nitrogen and oxygen atoms in total. The standard InChI is InChI=1S/C29H30ClNO4/c30-22-13-11-21(12-14-22)29-23(20-7-2-1-3-8-20)19-26(32)28(29,33)27-24(9-6-10-25(27)35-29)34-18-17-31-15-4-5-16-31/h1-3,6-14,23,26,32-33H,4-5,15-19H2/t23-,26+,28+,29-/m1/s1. The fraction of sp³-hybridized carbons (Fsp3) is 0.379. The van der Waals surface area contributed by atoms with Crippen LogP contribution in [0.4, 0.5) is 0 Å². The van der Waals surface area contributed by atoms with Crippen LogP contribution in [0.25, 0.3) is 0 Å². The third-order valence-electron chi connectivity index (χ3n) is 7.98. The predicted octanol–water partition coefficient (Wildman–Crippen LogP) is 4.84. The van der Waals surface area contributed by atoms with Crippen molar-refractivity contribution in [1.82, 2.24) is 4.90 Å². The number of aliphatic hydroxyl groups excluding tert-OH is 1. The highest BCUT2D eigenvalue weighted by Crippen LogP contribution is 2.68. The zero-order valence-electron chi connectivity index (χ0n) is 19.6. The average molecular weight is 492 g/mol. The van der Waals surface area contributed by atoms with Gasteiger partial charge in [0.25, 0.3) is 0 Å². The van der Waals surface area contributed by atoms with E-state index in [9.17, 15) is 10.2 Å². The minimum atomic E-state index is -1.69. The second-order valence-corrected chi connectivity index (χ2v) is 10.3. The molecule has 2 fully saturated rings. The van der Waals surface area contributed by atoms with Crippen LogP contribution in [0.5, 0.6) is 11.5 Å². The maximum absolute atomic E-state index is 12.5. The number of aliphatic hydroxyl groups is 2. The van der Waals surface area contributed by atoms with E-state index in [0.717, 1.165) is 30.8 Å². The maximum atomic E-state index is 12.5. The van der Waals surface area contributed by atoms with Gasteiger partial charge in [0, 0.05) is 17.5 Å². The highest BCUT2D eigenvalue weighted by molar-refractivity contribution is 6.30. The molecule has 3 aliphatic rings. The fourth-order valence-corrected chi connectivity index (χ4v) is 6.49. The molecule has 4 atom stereocenters. The summed E-state index contributed by atoms with van der Waals surface area (Å²) in [5, 5.41) is 24.7. The van der Waals surface area contributed by atoms with Gasteiger partial charge in [0.2, 0.25) is 0 Å². The SMILES string of the molecule is O[C@H]1C[C@H](c2ccccc2)[C@@]2(c3ccc(Cl)cc3)Oc3cccc(OCCN4CCCC4)c3[C@@]12O. The van der Waals surface area contributed by atoms with Crippen molar-refractivity contribution in [1.29, 1.82) is 0 Å². The number of ether oxygens (including phenoxy) is 2. The topological polar surface area (TPSA) is 62.2 Å². The van der Waals surface area contributed by atoms with Crippen LogP contribution in [-0.4, -0.2) is 47.5 Å². The lowest BCUT2D eigenvalue weighted by Crippen LogP contribution is -2.52. The van der Waals surface area contributed by atoms with E-state index in [1.54, 1.807) is 12.1 Å². The molecule has 0 spiro atoms. The van der Waals surface area contributed by atoms with Crippen molar-refractivity contribution in [3.63, 3.8) is 0 Å². The molecule has 1 aliphatic carbocycles. The first-order valence-electron chi connectivity index (χ1n) is 12.4. The third-order valence-corrected chi connectivity index (χ3v) is 8.23. The van der Waals surface area contributed by atoms with Gasteiger partial charge in [-0.2, -0.15) is 0 Å². The van der Waals surface area contributed by atoms with E-state index < -0.39 is 17.3 Å². The van der Waals surface area contributed by atoms with Gasteiger partial charge < -0.3 is 19.7 Å². The molecule has 6 rings (SSSR count). The Balaban J connectivity index is 1.45. The minimum Gasteiger partial charge on any atom is -0.492 e. The van der Waals surface area contributed by atoms with Crippen molar-refractivity contribution in [3.05, 3.63) is 94.5 Å². The Morgan fingerprint density at radius 3 is 2.46 bits per heavy atom. The summed E-state index contributed by atoms with van der Waals surface area (Å²) < 4.78 is 13.0. The molecule has 2 aliphatic heterocycles. The summed E-state index contributed by atoms with van der Waals surface area (Å²) in [5.74, 6) is 0.823. The lowest BCUT2D eigenvalue weighted by atomic mass is 9.71. The first kappa shape index (κ1) is 22.9. The molecule has 1 saturated heterocycles. The average Bonchev–Trinajstić information content (AvgIpc) is 3.54. The van der Waals surface area contributed by atoms with Crippen LogP contribution in [0, 0.1) is 0 Å². The van der Waals surface area contributed by atoms with Crippen LogP contribution in [-0.2, 0) is 11.2 Å². The second kappa shape index (κ2) is 8.82. The Labute approximate surface area is 210 Å². The highest BCUT2D eigenvalue weighted by Gasteiger charge is 2.73. The summed E-state index contributed by atoms with van der Waals surface area (Å²) in [6.07, 6.45) is 1.76.